The minimum Gasteiger partial charge on any atom is -0.496 e. The molecule has 0 atom stereocenters. The first-order valence-electron chi connectivity index (χ1n) is 7.64. The number of nitrogens with zero attached hydrogens (tertiary/aromatic N) is 1. The summed E-state index contributed by atoms with van der Waals surface area (Å²) < 4.78 is 5.40. The van der Waals surface area contributed by atoms with Gasteiger partial charge < -0.3 is 10.1 Å². The molecule has 2 aromatic rings. The van der Waals surface area contributed by atoms with Gasteiger partial charge in [-0.2, -0.15) is 0 Å². The number of aromatic nitrogens is 1. The zero-order valence-corrected chi connectivity index (χ0v) is 13.3. The molecule has 0 amide bonds. The molecule has 0 aliphatic heterocycles. The Labute approximate surface area is 130 Å². The van der Waals surface area contributed by atoms with Gasteiger partial charge in [0.05, 0.1) is 12.1 Å². The van der Waals surface area contributed by atoms with Crippen LogP contribution < -0.4 is 10.1 Å². The standard InChI is InChI=1S/C17H22N2OS/c1-20-16-9-5-2-6-13(16)10-17-19-12-15(21-17)11-18-14-7-3-4-8-14/h2,5-6,9,12,14,18H,3-4,7-8,10-11H2,1H3. The van der Waals surface area contributed by atoms with E-state index in [1.807, 2.05) is 24.4 Å². The van der Waals surface area contributed by atoms with Gasteiger partial charge in [0.1, 0.15) is 5.75 Å². The van der Waals surface area contributed by atoms with Crippen LogP contribution in [-0.2, 0) is 13.0 Å². The summed E-state index contributed by atoms with van der Waals surface area (Å²) in [6.07, 6.45) is 8.26. The van der Waals surface area contributed by atoms with Crippen molar-refractivity contribution >= 4 is 11.3 Å². The number of benzene rings is 1. The predicted octanol–water partition coefficient (Wildman–Crippen LogP) is 3.77. The summed E-state index contributed by atoms with van der Waals surface area (Å²) in [6, 6.07) is 8.88. The van der Waals surface area contributed by atoms with Gasteiger partial charge in [-0.3, -0.25) is 0 Å². The van der Waals surface area contributed by atoms with E-state index in [9.17, 15) is 0 Å². The lowest BCUT2D eigenvalue weighted by molar-refractivity contribution is 0.410. The first-order valence-corrected chi connectivity index (χ1v) is 8.45. The molecule has 0 spiro atoms. The molecule has 1 aromatic heterocycles. The molecule has 1 aliphatic carbocycles. The van der Waals surface area contributed by atoms with Gasteiger partial charge in [-0.15, -0.1) is 11.3 Å². The molecule has 112 valence electrons. The largest absolute Gasteiger partial charge is 0.496 e. The molecule has 1 N–H and O–H groups in total. The van der Waals surface area contributed by atoms with E-state index >= 15 is 0 Å². The number of ether oxygens (including phenoxy) is 1. The van der Waals surface area contributed by atoms with Crippen LogP contribution in [0.1, 0.15) is 41.1 Å². The zero-order chi connectivity index (χ0) is 14.5. The summed E-state index contributed by atoms with van der Waals surface area (Å²) in [7, 11) is 1.72. The number of hydrogen-bond donors (Lipinski definition) is 1. The van der Waals surface area contributed by atoms with Gasteiger partial charge >= 0.3 is 0 Å². The molecule has 3 rings (SSSR count). The average Bonchev–Trinajstić information content (AvgIpc) is 3.17. The molecule has 0 saturated heterocycles. The van der Waals surface area contributed by atoms with Crippen LogP contribution >= 0.6 is 11.3 Å². The predicted molar refractivity (Wildman–Crippen MR) is 87.0 cm³/mol. The SMILES string of the molecule is COc1ccccc1Cc1ncc(CNC2CCCC2)s1. The lowest BCUT2D eigenvalue weighted by Gasteiger charge is -2.09. The van der Waals surface area contributed by atoms with Crippen LogP contribution in [0.5, 0.6) is 5.75 Å². The Morgan fingerprint density at radius 1 is 1.29 bits per heavy atom. The molecule has 0 radical (unpaired) electrons. The minimum absolute atomic E-state index is 0.713. The van der Waals surface area contributed by atoms with Crippen LogP contribution in [0.15, 0.2) is 30.5 Å². The molecule has 1 saturated carbocycles. The Hall–Kier alpha value is -1.39. The maximum Gasteiger partial charge on any atom is 0.122 e. The van der Waals surface area contributed by atoms with E-state index in [4.69, 9.17) is 4.74 Å². The molecule has 0 bridgehead atoms. The summed E-state index contributed by atoms with van der Waals surface area (Å²) in [4.78, 5) is 5.88. The monoisotopic (exact) mass is 302 g/mol. The molecule has 1 aromatic carbocycles. The number of thiazole rings is 1. The van der Waals surface area contributed by atoms with Gasteiger partial charge in [-0.05, 0) is 18.9 Å². The third kappa shape index (κ3) is 3.83. The van der Waals surface area contributed by atoms with Crippen LogP contribution in [0.25, 0.3) is 0 Å². The molecule has 1 aliphatic rings. The second-order valence-electron chi connectivity index (χ2n) is 5.57. The van der Waals surface area contributed by atoms with Crippen molar-refractivity contribution in [2.75, 3.05) is 7.11 Å². The minimum atomic E-state index is 0.713. The zero-order valence-electron chi connectivity index (χ0n) is 12.5. The van der Waals surface area contributed by atoms with E-state index < -0.39 is 0 Å². The average molecular weight is 302 g/mol. The highest BCUT2D eigenvalue weighted by molar-refractivity contribution is 7.11. The lowest BCUT2D eigenvalue weighted by atomic mass is 10.1. The van der Waals surface area contributed by atoms with Gasteiger partial charge in [0.25, 0.3) is 0 Å². The van der Waals surface area contributed by atoms with Crippen LogP contribution in [0.2, 0.25) is 0 Å². The van der Waals surface area contributed by atoms with Gasteiger partial charge in [-0.25, -0.2) is 4.98 Å². The number of nitrogens with one attached hydrogen (secondary N) is 1. The highest BCUT2D eigenvalue weighted by Crippen LogP contribution is 2.24. The van der Waals surface area contributed by atoms with E-state index in [1.54, 1.807) is 18.4 Å². The fraction of sp³-hybridized carbons (Fsp3) is 0.471. The summed E-state index contributed by atoms with van der Waals surface area (Å²) >= 11 is 1.80. The summed E-state index contributed by atoms with van der Waals surface area (Å²) in [5.74, 6) is 0.943. The van der Waals surface area contributed by atoms with Crippen molar-refractivity contribution in [2.24, 2.45) is 0 Å². The van der Waals surface area contributed by atoms with Crippen molar-refractivity contribution in [2.45, 2.75) is 44.7 Å². The molecule has 4 heteroatoms. The fourth-order valence-electron chi connectivity index (χ4n) is 2.90. The maximum absolute atomic E-state index is 5.40. The van der Waals surface area contributed by atoms with Crippen molar-refractivity contribution in [1.29, 1.82) is 0 Å². The number of rotatable bonds is 6. The van der Waals surface area contributed by atoms with E-state index in [0.29, 0.717) is 6.04 Å². The van der Waals surface area contributed by atoms with Crippen molar-refractivity contribution in [3.05, 3.63) is 45.9 Å². The molecular formula is C17H22N2OS. The lowest BCUT2D eigenvalue weighted by Crippen LogP contribution is -2.24. The molecule has 1 heterocycles. The second kappa shape index (κ2) is 7.05. The van der Waals surface area contributed by atoms with E-state index in [-0.39, 0.29) is 0 Å². The molecule has 21 heavy (non-hydrogen) atoms. The number of methoxy groups -OCH3 is 1. The first-order chi connectivity index (χ1) is 10.3. The van der Waals surface area contributed by atoms with Gasteiger partial charge in [0.15, 0.2) is 0 Å². The Kier molecular flexibility index (Phi) is 4.88. The van der Waals surface area contributed by atoms with Crippen molar-refractivity contribution < 1.29 is 4.74 Å². The van der Waals surface area contributed by atoms with Crippen LogP contribution in [0, 0.1) is 0 Å². The van der Waals surface area contributed by atoms with Gasteiger partial charge in [0, 0.05) is 35.6 Å². The third-order valence-electron chi connectivity index (χ3n) is 4.06. The van der Waals surface area contributed by atoms with Crippen molar-refractivity contribution in [3.8, 4) is 5.75 Å². The Balaban J connectivity index is 1.59. The Morgan fingerprint density at radius 3 is 2.90 bits per heavy atom. The number of para-hydroxylation sites is 1. The van der Waals surface area contributed by atoms with Crippen LogP contribution in [-0.4, -0.2) is 18.1 Å². The van der Waals surface area contributed by atoms with Crippen LogP contribution in [0.4, 0.5) is 0 Å². The normalized spacial score (nSPS) is 15.5. The highest BCUT2D eigenvalue weighted by atomic mass is 32.1. The number of hydrogen-bond acceptors (Lipinski definition) is 4. The van der Waals surface area contributed by atoms with Crippen molar-refractivity contribution in [3.63, 3.8) is 0 Å². The van der Waals surface area contributed by atoms with Gasteiger partial charge in [-0.1, -0.05) is 31.0 Å². The second-order valence-corrected chi connectivity index (χ2v) is 6.77. The van der Waals surface area contributed by atoms with E-state index in [1.165, 1.54) is 36.1 Å². The van der Waals surface area contributed by atoms with Gasteiger partial charge in [0.2, 0.25) is 0 Å². The Bertz CT molecular complexity index is 576. The summed E-state index contributed by atoms with van der Waals surface area (Å²) in [5.41, 5.74) is 1.20. The third-order valence-corrected chi connectivity index (χ3v) is 5.05. The molecule has 0 unspecified atom stereocenters. The fourth-order valence-corrected chi connectivity index (χ4v) is 3.79. The maximum atomic E-state index is 5.40. The smallest absolute Gasteiger partial charge is 0.122 e. The van der Waals surface area contributed by atoms with E-state index in [0.717, 1.165) is 23.7 Å². The highest BCUT2D eigenvalue weighted by Gasteiger charge is 2.14. The molecule has 3 nitrogen and oxygen atoms in total. The topological polar surface area (TPSA) is 34.1 Å². The van der Waals surface area contributed by atoms with E-state index in [2.05, 4.69) is 16.4 Å². The van der Waals surface area contributed by atoms with Crippen LogP contribution in [0.3, 0.4) is 0 Å². The first kappa shape index (κ1) is 14.5. The Morgan fingerprint density at radius 2 is 2.10 bits per heavy atom. The summed E-state index contributed by atoms with van der Waals surface area (Å²) in [5, 5.41) is 4.80. The quantitative estimate of drug-likeness (QED) is 0.882. The summed E-state index contributed by atoms with van der Waals surface area (Å²) in [6.45, 7) is 0.953. The molecule has 1 fully saturated rings. The molecular weight excluding hydrogens is 280 g/mol. The van der Waals surface area contributed by atoms with Crippen molar-refractivity contribution in [1.82, 2.24) is 10.3 Å².